The van der Waals surface area contributed by atoms with Crippen molar-refractivity contribution in [2.75, 3.05) is 25.0 Å². The van der Waals surface area contributed by atoms with Crippen LogP contribution in [0.4, 0.5) is 10.1 Å². The summed E-state index contributed by atoms with van der Waals surface area (Å²) in [6, 6.07) is 5.59. The van der Waals surface area contributed by atoms with Crippen molar-refractivity contribution < 1.29 is 4.39 Å². The van der Waals surface area contributed by atoms with E-state index in [1.165, 1.54) is 0 Å². The zero-order valence-corrected chi connectivity index (χ0v) is 12.5. The molecule has 0 saturated carbocycles. The quantitative estimate of drug-likeness (QED) is 0.900. The van der Waals surface area contributed by atoms with E-state index in [1.54, 1.807) is 6.07 Å². The number of anilines is 1. The summed E-state index contributed by atoms with van der Waals surface area (Å²) in [4.78, 5) is 2.19. The van der Waals surface area contributed by atoms with Crippen molar-refractivity contribution in [2.45, 2.75) is 33.7 Å². The fraction of sp³-hybridized carbons (Fsp3) is 0.625. The second kappa shape index (κ2) is 5.49. The first-order valence-corrected chi connectivity index (χ1v) is 7.10. The summed E-state index contributed by atoms with van der Waals surface area (Å²) in [6.07, 6.45) is 1.15. The third-order valence-corrected chi connectivity index (χ3v) is 4.15. The lowest BCUT2D eigenvalue weighted by Crippen LogP contribution is -2.26. The van der Waals surface area contributed by atoms with Gasteiger partial charge in [-0.2, -0.15) is 0 Å². The van der Waals surface area contributed by atoms with Gasteiger partial charge in [0.1, 0.15) is 5.82 Å². The highest BCUT2D eigenvalue weighted by Crippen LogP contribution is 2.36. The lowest BCUT2D eigenvalue weighted by atomic mass is 9.80. The molecule has 0 amide bonds. The third kappa shape index (κ3) is 3.27. The van der Waals surface area contributed by atoms with Gasteiger partial charge in [-0.1, -0.05) is 26.8 Å². The predicted octanol–water partition coefficient (Wildman–Crippen LogP) is 3.42. The highest BCUT2D eigenvalue weighted by Gasteiger charge is 2.32. The van der Waals surface area contributed by atoms with Crippen molar-refractivity contribution in [1.29, 1.82) is 0 Å². The summed E-state index contributed by atoms with van der Waals surface area (Å²) < 4.78 is 14.2. The molecule has 1 aromatic rings. The molecule has 0 spiro atoms. The Morgan fingerprint density at radius 2 is 2.11 bits per heavy atom. The highest BCUT2D eigenvalue weighted by molar-refractivity contribution is 5.50. The summed E-state index contributed by atoms with van der Waals surface area (Å²) in [7, 11) is 1.88. The summed E-state index contributed by atoms with van der Waals surface area (Å²) in [5.41, 5.74) is 2.05. The molecule has 106 valence electrons. The molecule has 1 saturated heterocycles. The van der Waals surface area contributed by atoms with Crippen LogP contribution in [0.2, 0.25) is 0 Å². The number of rotatable bonds is 3. The summed E-state index contributed by atoms with van der Waals surface area (Å²) in [6.45, 7) is 9.45. The van der Waals surface area contributed by atoms with Crippen molar-refractivity contribution in [1.82, 2.24) is 5.32 Å². The largest absolute Gasteiger partial charge is 0.369 e. The van der Waals surface area contributed by atoms with Gasteiger partial charge in [0.2, 0.25) is 0 Å². The van der Waals surface area contributed by atoms with Crippen LogP contribution in [0.25, 0.3) is 0 Å². The van der Waals surface area contributed by atoms with Crippen LogP contribution in [-0.2, 0) is 6.54 Å². The van der Waals surface area contributed by atoms with Gasteiger partial charge in [0.25, 0.3) is 0 Å². The Kier molecular flexibility index (Phi) is 4.14. The number of halogens is 1. The van der Waals surface area contributed by atoms with Crippen molar-refractivity contribution in [3.05, 3.63) is 29.6 Å². The third-order valence-electron chi connectivity index (χ3n) is 4.15. The maximum absolute atomic E-state index is 14.2. The van der Waals surface area contributed by atoms with E-state index in [0.29, 0.717) is 17.9 Å². The molecule has 0 aromatic heterocycles. The van der Waals surface area contributed by atoms with Crippen LogP contribution in [0.3, 0.4) is 0 Å². The van der Waals surface area contributed by atoms with Crippen LogP contribution in [0.15, 0.2) is 18.2 Å². The van der Waals surface area contributed by atoms with E-state index in [9.17, 15) is 4.39 Å². The topological polar surface area (TPSA) is 15.3 Å². The van der Waals surface area contributed by atoms with Gasteiger partial charge in [-0.3, -0.25) is 0 Å². The smallest absolute Gasteiger partial charge is 0.146 e. The molecule has 1 fully saturated rings. The van der Waals surface area contributed by atoms with Crippen molar-refractivity contribution >= 4 is 5.69 Å². The summed E-state index contributed by atoms with van der Waals surface area (Å²) >= 11 is 0. The Labute approximate surface area is 116 Å². The number of nitrogens with zero attached hydrogens (tertiary/aromatic N) is 1. The van der Waals surface area contributed by atoms with Crippen LogP contribution in [0.1, 0.15) is 32.8 Å². The Morgan fingerprint density at radius 1 is 1.37 bits per heavy atom. The van der Waals surface area contributed by atoms with Crippen LogP contribution in [0, 0.1) is 17.2 Å². The standard InChI is InChI=1S/C16H25FN2/c1-16(2,3)13-7-8-19(11-13)15-6-5-12(10-18-4)9-14(15)17/h5-6,9,13,18H,7-8,10-11H2,1-4H3. The van der Waals surface area contributed by atoms with E-state index < -0.39 is 0 Å². The summed E-state index contributed by atoms with van der Waals surface area (Å²) in [5, 5.41) is 3.05. The molecule has 0 bridgehead atoms. The van der Waals surface area contributed by atoms with Gasteiger partial charge in [-0.05, 0) is 42.5 Å². The SMILES string of the molecule is CNCc1ccc(N2CCC(C(C)(C)C)C2)c(F)c1. The predicted molar refractivity (Wildman–Crippen MR) is 78.9 cm³/mol. The molecular formula is C16H25FN2. The van der Waals surface area contributed by atoms with Gasteiger partial charge in [-0.15, -0.1) is 0 Å². The molecule has 1 aliphatic rings. The molecule has 1 unspecified atom stereocenters. The average molecular weight is 264 g/mol. The van der Waals surface area contributed by atoms with Crippen molar-refractivity contribution in [2.24, 2.45) is 11.3 Å². The zero-order chi connectivity index (χ0) is 14.0. The van der Waals surface area contributed by atoms with E-state index in [4.69, 9.17) is 0 Å². The first-order valence-electron chi connectivity index (χ1n) is 7.10. The molecule has 0 aliphatic carbocycles. The monoisotopic (exact) mass is 264 g/mol. The second-order valence-corrected chi connectivity index (χ2v) is 6.61. The minimum atomic E-state index is -0.0951. The maximum Gasteiger partial charge on any atom is 0.146 e. The molecule has 1 N–H and O–H groups in total. The van der Waals surface area contributed by atoms with Gasteiger partial charge in [0.05, 0.1) is 5.69 Å². The Hall–Kier alpha value is -1.09. The maximum atomic E-state index is 14.2. The first-order chi connectivity index (χ1) is 8.91. The van der Waals surface area contributed by atoms with E-state index in [2.05, 4.69) is 31.0 Å². The second-order valence-electron chi connectivity index (χ2n) is 6.61. The minimum Gasteiger partial charge on any atom is -0.369 e. The molecule has 1 heterocycles. The van der Waals surface area contributed by atoms with Gasteiger partial charge >= 0.3 is 0 Å². The fourth-order valence-corrected chi connectivity index (χ4v) is 2.81. The Bertz CT molecular complexity index is 437. The van der Waals surface area contributed by atoms with Gasteiger partial charge in [-0.25, -0.2) is 4.39 Å². The van der Waals surface area contributed by atoms with Gasteiger partial charge in [0.15, 0.2) is 0 Å². The van der Waals surface area contributed by atoms with E-state index in [1.807, 2.05) is 19.2 Å². The molecule has 1 atom stereocenters. The molecular weight excluding hydrogens is 239 g/mol. The normalized spacial score (nSPS) is 20.1. The lowest BCUT2D eigenvalue weighted by molar-refractivity contribution is 0.263. The summed E-state index contributed by atoms with van der Waals surface area (Å²) in [5.74, 6) is 0.547. The first kappa shape index (κ1) is 14.3. The van der Waals surface area contributed by atoms with Crippen LogP contribution >= 0.6 is 0 Å². The van der Waals surface area contributed by atoms with Crippen molar-refractivity contribution in [3.8, 4) is 0 Å². The van der Waals surface area contributed by atoms with E-state index in [0.717, 1.165) is 30.8 Å². The van der Waals surface area contributed by atoms with Crippen LogP contribution in [0.5, 0.6) is 0 Å². The number of nitrogens with one attached hydrogen (secondary N) is 1. The average Bonchev–Trinajstić information content (AvgIpc) is 2.78. The highest BCUT2D eigenvalue weighted by atomic mass is 19.1. The molecule has 3 heteroatoms. The number of hydrogen-bond donors (Lipinski definition) is 1. The molecule has 2 nitrogen and oxygen atoms in total. The van der Waals surface area contributed by atoms with Gasteiger partial charge in [0, 0.05) is 19.6 Å². The fourth-order valence-electron chi connectivity index (χ4n) is 2.81. The van der Waals surface area contributed by atoms with E-state index in [-0.39, 0.29) is 5.82 Å². The van der Waals surface area contributed by atoms with Crippen LogP contribution in [-0.4, -0.2) is 20.1 Å². The van der Waals surface area contributed by atoms with Crippen LogP contribution < -0.4 is 10.2 Å². The number of hydrogen-bond acceptors (Lipinski definition) is 2. The molecule has 2 rings (SSSR count). The zero-order valence-electron chi connectivity index (χ0n) is 12.5. The van der Waals surface area contributed by atoms with Crippen molar-refractivity contribution in [3.63, 3.8) is 0 Å². The Balaban J connectivity index is 2.11. The molecule has 1 aromatic carbocycles. The van der Waals surface area contributed by atoms with E-state index >= 15 is 0 Å². The molecule has 0 radical (unpaired) electrons. The number of benzene rings is 1. The molecule has 1 aliphatic heterocycles. The minimum absolute atomic E-state index is 0.0951. The molecule has 19 heavy (non-hydrogen) atoms. The lowest BCUT2D eigenvalue weighted by Gasteiger charge is -2.27. The Morgan fingerprint density at radius 3 is 2.63 bits per heavy atom. The van der Waals surface area contributed by atoms with Gasteiger partial charge < -0.3 is 10.2 Å².